The van der Waals surface area contributed by atoms with Gasteiger partial charge in [-0.25, -0.2) is 4.39 Å². The maximum atomic E-state index is 14.1. The van der Waals surface area contributed by atoms with Gasteiger partial charge in [-0.15, -0.1) is 0 Å². The topological polar surface area (TPSA) is 64.6 Å². The lowest BCUT2D eigenvalue weighted by atomic mass is 10.0. The van der Waals surface area contributed by atoms with E-state index in [0.29, 0.717) is 22.0 Å². The van der Waals surface area contributed by atoms with Crippen molar-refractivity contribution in [3.8, 4) is 11.5 Å². The Kier molecular flexibility index (Phi) is 5.61. The van der Waals surface area contributed by atoms with Crippen LogP contribution < -0.4 is 14.8 Å². The highest BCUT2D eigenvalue weighted by Crippen LogP contribution is 2.40. The molecule has 0 aromatic heterocycles. The summed E-state index contributed by atoms with van der Waals surface area (Å²) in [5, 5.41) is 3.26. The minimum Gasteiger partial charge on any atom is -0.495 e. The number of halogens is 2. The van der Waals surface area contributed by atoms with Crippen LogP contribution in [0.4, 0.5) is 10.1 Å². The molecule has 2 aromatic carbocycles. The van der Waals surface area contributed by atoms with E-state index in [1.807, 2.05) is 6.92 Å². The average molecular weight is 406 g/mol. The van der Waals surface area contributed by atoms with Crippen molar-refractivity contribution in [3.63, 3.8) is 0 Å². The van der Waals surface area contributed by atoms with Crippen molar-refractivity contribution in [3.05, 3.63) is 51.8 Å². The number of ketones is 1. The van der Waals surface area contributed by atoms with Gasteiger partial charge in [0, 0.05) is 23.1 Å². The van der Waals surface area contributed by atoms with E-state index < -0.39 is 17.8 Å². The van der Waals surface area contributed by atoms with E-state index >= 15 is 0 Å². The molecule has 2 aromatic rings. The van der Waals surface area contributed by atoms with E-state index in [2.05, 4.69) is 5.32 Å². The minimum absolute atomic E-state index is 0.181. The second-order valence-corrected chi connectivity index (χ2v) is 7.32. The molecule has 3 rings (SSSR count). The van der Waals surface area contributed by atoms with Crippen LogP contribution in [0.3, 0.4) is 0 Å². The highest BCUT2D eigenvalue weighted by molar-refractivity contribution is 6.31. The summed E-state index contributed by atoms with van der Waals surface area (Å²) in [4.78, 5) is 24.9. The molecule has 1 aliphatic carbocycles. The van der Waals surface area contributed by atoms with Crippen molar-refractivity contribution >= 4 is 29.0 Å². The zero-order chi connectivity index (χ0) is 20.6. The number of Topliss-reactive ketones (excluding diaryl/α,β-unsaturated/α-hetero) is 1. The third-order valence-corrected chi connectivity index (χ3v) is 5.24. The van der Waals surface area contributed by atoms with Crippen molar-refractivity contribution in [2.45, 2.75) is 39.2 Å². The lowest BCUT2D eigenvalue weighted by molar-refractivity contribution is -0.122. The number of nitrogens with one attached hydrogen (secondary N) is 1. The Hall–Kier alpha value is -2.60. The van der Waals surface area contributed by atoms with Crippen LogP contribution in [0.2, 0.25) is 5.02 Å². The zero-order valence-electron chi connectivity index (χ0n) is 16.1. The van der Waals surface area contributed by atoms with E-state index in [1.54, 1.807) is 26.0 Å². The molecule has 0 radical (unpaired) electrons. The van der Waals surface area contributed by atoms with E-state index in [0.717, 1.165) is 5.56 Å². The number of hydrogen-bond donors (Lipinski definition) is 1. The molecule has 0 unspecified atom stereocenters. The number of ether oxygens (including phenoxy) is 2. The molecular weight excluding hydrogens is 385 g/mol. The third-order valence-electron chi connectivity index (χ3n) is 4.83. The Morgan fingerprint density at radius 1 is 1.32 bits per heavy atom. The predicted molar refractivity (Wildman–Crippen MR) is 105 cm³/mol. The number of aryl methyl sites for hydroxylation is 1. The van der Waals surface area contributed by atoms with Gasteiger partial charge in [-0.2, -0.15) is 0 Å². The van der Waals surface area contributed by atoms with Gasteiger partial charge in [-0.1, -0.05) is 18.5 Å². The van der Waals surface area contributed by atoms with Gasteiger partial charge in [0.2, 0.25) is 0 Å². The SMILES string of the molecule is COc1cc(Cl)c(C)cc1NC(=O)[C@@H](C)Oc1ccc(F)c2c1C(=O)C[C@H]2C. The predicted octanol–water partition coefficient (Wildman–Crippen LogP) is 4.89. The normalized spacial score (nSPS) is 16.5. The van der Waals surface area contributed by atoms with Crippen LogP contribution in [-0.4, -0.2) is 24.9 Å². The van der Waals surface area contributed by atoms with Gasteiger partial charge in [0.25, 0.3) is 5.91 Å². The molecule has 5 nitrogen and oxygen atoms in total. The Morgan fingerprint density at radius 3 is 2.71 bits per heavy atom. The van der Waals surface area contributed by atoms with Crippen LogP contribution >= 0.6 is 11.6 Å². The highest BCUT2D eigenvalue weighted by atomic mass is 35.5. The Bertz CT molecular complexity index is 960. The lowest BCUT2D eigenvalue weighted by Gasteiger charge is -2.18. The highest BCUT2D eigenvalue weighted by Gasteiger charge is 2.33. The standard InChI is InChI=1S/C21H21ClFNO4/c1-10-7-15(18(27-4)9-13(10)22)24-21(26)12(3)28-17-6-5-14(23)19-11(2)8-16(25)20(17)19/h5-7,9,11-12H,8H2,1-4H3,(H,24,26)/t11-,12-/m1/s1. The summed E-state index contributed by atoms with van der Waals surface area (Å²) in [7, 11) is 1.48. The van der Waals surface area contributed by atoms with Crippen LogP contribution in [0.25, 0.3) is 0 Å². The van der Waals surface area contributed by atoms with E-state index in [4.69, 9.17) is 21.1 Å². The van der Waals surface area contributed by atoms with E-state index in [9.17, 15) is 14.0 Å². The molecule has 1 amide bonds. The van der Waals surface area contributed by atoms with Crippen LogP contribution in [0.1, 0.15) is 47.7 Å². The number of benzene rings is 2. The van der Waals surface area contributed by atoms with Crippen LogP contribution in [0.15, 0.2) is 24.3 Å². The maximum Gasteiger partial charge on any atom is 0.265 e. The summed E-state index contributed by atoms with van der Waals surface area (Å²) in [6, 6.07) is 5.97. The van der Waals surface area contributed by atoms with Gasteiger partial charge in [0.05, 0.1) is 18.4 Å². The molecule has 0 aliphatic heterocycles. The summed E-state index contributed by atoms with van der Waals surface area (Å²) in [5.74, 6) is -0.623. The molecule has 148 valence electrons. The van der Waals surface area contributed by atoms with E-state index in [-0.39, 0.29) is 29.4 Å². The summed E-state index contributed by atoms with van der Waals surface area (Å²) < 4.78 is 25.1. The first kappa shape index (κ1) is 20.1. The number of rotatable bonds is 5. The van der Waals surface area contributed by atoms with Crippen molar-refractivity contribution in [2.24, 2.45) is 0 Å². The molecule has 1 aliphatic rings. The molecule has 0 bridgehead atoms. The van der Waals surface area contributed by atoms with Gasteiger partial charge < -0.3 is 14.8 Å². The Balaban J connectivity index is 1.82. The Labute approximate surface area is 167 Å². The molecule has 0 saturated heterocycles. The first-order valence-corrected chi connectivity index (χ1v) is 9.28. The number of carbonyl (C=O) groups is 2. The number of fused-ring (bicyclic) bond motifs is 1. The smallest absolute Gasteiger partial charge is 0.265 e. The minimum atomic E-state index is -0.918. The molecule has 28 heavy (non-hydrogen) atoms. The zero-order valence-corrected chi connectivity index (χ0v) is 16.8. The molecule has 0 saturated carbocycles. The molecule has 0 spiro atoms. The first-order chi connectivity index (χ1) is 13.2. The molecular formula is C21H21ClFNO4. The summed E-state index contributed by atoms with van der Waals surface area (Å²) in [6.45, 7) is 5.16. The molecule has 0 fully saturated rings. The quantitative estimate of drug-likeness (QED) is 0.769. The second kappa shape index (κ2) is 7.80. The summed E-state index contributed by atoms with van der Waals surface area (Å²) >= 11 is 6.08. The fourth-order valence-electron chi connectivity index (χ4n) is 3.33. The van der Waals surface area contributed by atoms with Gasteiger partial charge in [-0.3, -0.25) is 9.59 Å². The van der Waals surface area contributed by atoms with Crippen molar-refractivity contribution in [1.82, 2.24) is 0 Å². The van der Waals surface area contributed by atoms with Crippen LogP contribution in [-0.2, 0) is 4.79 Å². The number of methoxy groups -OCH3 is 1. The number of amides is 1. The third kappa shape index (κ3) is 3.69. The van der Waals surface area contributed by atoms with Gasteiger partial charge in [0.1, 0.15) is 17.3 Å². The van der Waals surface area contributed by atoms with E-state index in [1.165, 1.54) is 19.2 Å². The first-order valence-electron chi connectivity index (χ1n) is 8.90. The molecule has 1 N–H and O–H groups in total. The summed E-state index contributed by atoms with van der Waals surface area (Å²) in [6.07, 6.45) is -0.687. The van der Waals surface area contributed by atoms with Gasteiger partial charge >= 0.3 is 0 Å². The monoisotopic (exact) mass is 405 g/mol. The average Bonchev–Trinajstić information content (AvgIpc) is 2.95. The molecule has 2 atom stereocenters. The number of carbonyl (C=O) groups excluding carboxylic acids is 2. The largest absolute Gasteiger partial charge is 0.495 e. The van der Waals surface area contributed by atoms with Crippen LogP contribution in [0, 0.1) is 12.7 Å². The van der Waals surface area contributed by atoms with Crippen molar-refractivity contribution in [2.75, 3.05) is 12.4 Å². The summed E-state index contributed by atoms with van der Waals surface area (Å²) in [5.41, 5.74) is 1.82. The molecule has 7 heteroatoms. The second-order valence-electron chi connectivity index (χ2n) is 6.91. The fraction of sp³-hybridized carbons (Fsp3) is 0.333. The van der Waals surface area contributed by atoms with Crippen LogP contribution in [0.5, 0.6) is 11.5 Å². The lowest BCUT2D eigenvalue weighted by Crippen LogP contribution is -2.30. The van der Waals surface area contributed by atoms with Crippen molar-refractivity contribution in [1.29, 1.82) is 0 Å². The van der Waals surface area contributed by atoms with Gasteiger partial charge in [0.15, 0.2) is 11.9 Å². The van der Waals surface area contributed by atoms with Crippen molar-refractivity contribution < 1.29 is 23.5 Å². The number of anilines is 1. The fourth-order valence-corrected chi connectivity index (χ4v) is 3.49. The van der Waals surface area contributed by atoms with Gasteiger partial charge in [-0.05, 0) is 43.5 Å². The number of hydrogen-bond acceptors (Lipinski definition) is 4. The maximum absolute atomic E-state index is 14.1. The molecule has 0 heterocycles. The Morgan fingerprint density at radius 2 is 2.04 bits per heavy atom.